The summed E-state index contributed by atoms with van der Waals surface area (Å²) in [4.78, 5) is 26.8. The number of carbonyl (C=O) groups excluding carboxylic acids is 1. The molecule has 0 aliphatic carbocycles. The van der Waals surface area contributed by atoms with Gasteiger partial charge < -0.3 is 15.4 Å². The summed E-state index contributed by atoms with van der Waals surface area (Å²) < 4.78 is 8.24. The lowest BCUT2D eigenvalue weighted by Crippen LogP contribution is -2.45. The zero-order chi connectivity index (χ0) is 25.2. The van der Waals surface area contributed by atoms with E-state index in [2.05, 4.69) is 45.7 Å². The number of amides is 1. The minimum Gasteiger partial charge on any atom is -0.484 e. The van der Waals surface area contributed by atoms with E-state index in [1.165, 1.54) is 11.3 Å². The molecule has 1 aromatic carbocycles. The van der Waals surface area contributed by atoms with E-state index < -0.39 is 5.91 Å². The summed E-state index contributed by atoms with van der Waals surface area (Å²) >= 11 is 1.31. The Balaban J connectivity index is 1.42. The van der Waals surface area contributed by atoms with Gasteiger partial charge in [-0.15, -0.1) is 11.3 Å². The summed E-state index contributed by atoms with van der Waals surface area (Å²) in [5.41, 5.74) is 10.7. The summed E-state index contributed by atoms with van der Waals surface area (Å²) in [6.45, 7) is 12.4. The molecule has 4 heterocycles. The average molecular weight is 505 g/mol. The number of carbonyl (C=O) groups is 1. The van der Waals surface area contributed by atoms with E-state index in [1.807, 2.05) is 42.0 Å². The van der Waals surface area contributed by atoms with Crippen LogP contribution in [-0.4, -0.2) is 63.0 Å². The number of likely N-dealkylation sites (N-methyl/N-ethyl adjacent to an activating group) is 1. The van der Waals surface area contributed by atoms with Crippen molar-refractivity contribution in [3.05, 3.63) is 70.6 Å². The van der Waals surface area contributed by atoms with Crippen molar-refractivity contribution in [2.24, 2.45) is 5.73 Å². The molecular weight excluding hydrogens is 472 g/mol. The molecule has 1 saturated heterocycles. The fraction of sp³-hybridized carbons (Fsp3) is 0.370. The second kappa shape index (κ2) is 10.4. The van der Waals surface area contributed by atoms with Crippen molar-refractivity contribution in [3.8, 4) is 10.8 Å². The van der Waals surface area contributed by atoms with Gasteiger partial charge in [0.2, 0.25) is 0 Å². The summed E-state index contributed by atoms with van der Waals surface area (Å²) in [6.07, 6.45) is 3.36. The number of aryl methyl sites for hydroxylation is 1. The van der Waals surface area contributed by atoms with Crippen LogP contribution in [0.4, 0.5) is 0 Å². The molecule has 8 nitrogen and oxygen atoms in total. The normalized spacial score (nSPS) is 15.9. The molecule has 9 heteroatoms. The van der Waals surface area contributed by atoms with Gasteiger partial charge in [-0.25, -0.2) is 4.98 Å². The minimum absolute atomic E-state index is 0.227. The third-order valence-electron chi connectivity index (χ3n) is 6.86. The first-order valence-corrected chi connectivity index (χ1v) is 13.2. The van der Waals surface area contributed by atoms with Crippen molar-refractivity contribution < 1.29 is 9.53 Å². The highest BCUT2D eigenvalue weighted by Gasteiger charge is 2.21. The maximum atomic E-state index is 12.3. The summed E-state index contributed by atoms with van der Waals surface area (Å²) in [7, 11) is 0. The zero-order valence-electron chi connectivity index (χ0n) is 21.0. The fourth-order valence-corrected chi connectivity index (χ4v) is 5.67. The monoisotopic (exact) mass is 504 g/mol. The molecule has 1 aliphatic rings. The lowest BCUT2D eigenvalue weighted by Gasteiger charge is -2.33. The third-order valence-corrected chi connectivity index (χ3v) is 7.99. The Hall–Kier alpha value is -3.27. The summed E-state index contributed by atoms with van der Waals surface area (Å²) in [6, 6.07) is 12.1. The predicted molar refractivity (Wildman–Crippen MR) is 143 cm³/mol. The van der Waals surface area contributed by atoms with E-state index in [0.29, 0.717) is 10.6 Å². The van der Waals surface area contributed by atoms with E-state index in [1.54, 1.807) is 6.33 Å². The highest BCUT2D eigenvalue weighted by molar-refractivity contribution is 7.16. The summed E-state index contributed by atoms with van der Waals surface area (Å²) in [5, 5.41) is 0.826. The van der Waals surface area contributed by atoms with Crippen LogP contribution in [0.1, 0.15) is 46.4 Å². The number of rotatable bonds is 8. The molecule has 3 aromatic heterocycles. The maximum absolute atomic E-state index is 12.3. The topological polar surface area (TPSA) is 89.5 Å². The lowest BCUT2D eigenvalue weighted by molar-refractivity contribution is 0.0998. The van der Waals surface area contributed by atoms with E-state index in [4.69, 9.17) is 10.5 Å². The Labute approximate surface area is 215 Å². The van der Waals surface area contributed by atoms with Gasteiger partial charge in [0, 0.05) is 38.8 Å². The number of hydrogen-bond acceptors (Lipinski definition) is 7. The highest BCUT2D eigenvalue weighted by Crippen LogP contribution is 2.36. The first-order chi connectivity index (χ1) is 17.4. The van der Waals surface area contributed by atoms with Gasteiger partial charge in [0.15, 0.2) is 0 Å². The van der Waals surface area contributed by atoms with Gasteiger partial charge in [-0.3, -0.25) is 19.2 Å². The number of piperazine rings is 1. The number of nitrogens with two attached hydrogens (primary N) is 1. The Morgan fingerprint density at radius 3 is 2.61 bits per heavy atom. The van der Waals surface area contributed by atoms with Gasteiger partial charge in [0.25, 0.3) is 5.91 Å². The van der Waals surface area contributed by atoms with Crippen molar-refractivity contribution in [1.29, 1.82) is 0 Å². The van der Waals surface area contributed by atoms with Crippen LogP contribution < -0.4 is 10.5 Å². The van der Waals surface area contributed by atoms with Crippen LogP contribution in [0.5, 0.6) is 5.75 Å². The molecule has 1 aliphatic heterocycles. The number of nitrogens with zero attached hydrogens (tertiary/aromatic N) is 5. The van der Waals surface area contributed by atoms with Crippen molar-refractivity contribution in [1.82, 2.24) is 24.3 Å². The SMILES string of the molecule is CCN1CCN(Cc2cc3c(cn2)ncn3-c2cc(OC(C)c3ccccc3C)c(C(N)=O)s2)CC1. The first-order valence-electron chi connectivity index (χ1n) is 12.4. The number of primary amides is 1. The first kappa shape index (κ1) is 24.4. The van der Waals surface area contributed by atoms with Crippen LogP contribution in [0.2, 0.25) is 0 Å². The smallest absolute Gasteiger partial charge is 0.262 e. The number of thiophene rings is 1. The standard InChI is InChI=1S/C27H32N6O2S/c1-4-31-9-11-32(12-10-31)16-20-13-23-22(15-29-20)30-17-33(23)25-14-24(26(36-25)27(28)34)35-19(3)21-8-6-5-7-18(21)2/h5-8,13-15,17,19H,4,9-12,16H2,1-3H3,(H2,28,34). The van der Waals surface area contributed by atoms with Crippen molar-refractivity contribution in [2.45, 2.75) is 33.4 Å². The number of imidazole rings is 1. The molecule has 4 aromatic rings. The van der Waals surface area contributed by atoms with Gasteiger partial charge in [-0.1, -0.05) is 31.2 Å². The van der Waals surface area contributed by atoms with E-state index in [-0.39, 0.29) is 6.10 Å². The van der Waals surface area contributed by atoms with Gasteiger partial charge in [-0.05, 0) is 37.6 Å². The lowest BCUT2D eigenvalue weighted by atomic mass is 10.0. The fourth-order valence-electron chi connectivity index (χ4n) is 4.75. The molecule has 0 radical (unpaired) electrons. The highest BCUT2D eigenvalue weighted by atomic mass is 32.1. The van der Waals surface area contributed by atoms with E-state index in [0.717, 1.165) is 72.1 Å². The second-order valence-corrected chi connectivity index (χ2v) is 10.3. The quantitative estimate of drug-likeness (QED) is 0.387. The number of pyridine rings is 1. The molecule has 36 heavy (non-hydrogen) atoms. The molecule has 1 fully saturated rings. The molecule has 0 spiro atoms. The van der Waals surface area contributed by atoms with Crippen LogP contribution >= 0.6 is 11.3 Å². The zero-order valence-corrected chi connectivity index (χ0v) is 21.8. The Morgan fingerprint density at radius 1 is 1.14 bits per heavy atom. The van der Waals surface area contributed by atoms with Crippen LogP contribution in [0.25, 0.3) is 16.0 Å². The predicted octanol–water partition coefficient (Wildman–Crippen LogP) is 4.17. The molecule has 5 rings (SSSR count). The number of fused-ring (bicyclic) bond motifs is 1. The van der Waals surface area contributed by atoms with E-state index >= 15 is 0 Å². The van der Waals surface area contributed by atoms with Crippen molar-refractivity contribution >= 4 is 28.3 Å². The van der Waals surface area contributed by atoms with Crippen molar-refractivity contribution in [2.75, 3.05) is 32.7 Å². The molecule has 1 atom stereocenters. The van der Waals surface area contributed by atoms with Crippen LogP contribution in [-0.2, 0) is 6.54 Å². The maximum Gasteiger partial charge on any atom is 0.262 e. The average Bonchev–Trinajstić information content (AvgIpc) is 3.48. The second-order valence-electron chi connectivity index (χ2n) is 9.25. The third kappa shape index (κ3) is 5.00. The largest absolute Gasteiger partial charge is 0.484 e. The van der Waals surface area contributed by atoms with Gasteiger partial charge in [-0.2, -0.15) is 0 Å². The Bertz CT molecular complexity index is 1370. The molecule has 1 unspecified atom stereocenters. The Kier molecular flexibility index (Phi) is 7.04. The minimum atomic E-state index is -0.503. The van der Waals surface area contributed by atoms with Crippen LogP contribution in [0.3, 0.4) is 0 Å². The van der Waals surface area contributed by atoms with Crippen molar-refractivity contribution in [3.63, 3.8) is 0 Å². The molecule has 0 bridgehead atoms. The summed E-state index contributed by atoms with van der Waals surface area (Å²) in [5.74, 6) is -0.0144. The van der Waals surface area contributed by atoms with Gasteiger partial charge in [0.05, 0.1) is 17.4 Å². The number of hydrogen-bond donors (Lipinski definition) is 1. The van der Waals surface area contributed by atoms with E-state index in [9.17, 15) is 4.79 Å². The molecule has 188 valence electrons. The van der Waals surface area contributed by atoms with Gasteiger partial charge >= 0.3 is 0 Å². The van der Waals surface area contributed by atoms with Crippen LogP contribution in [0.15, 0.2) is 48.9 Å². The molecule has 0 saturated carbocycles. The number of ether oxygens (including phenoxy) is 1. The molecule has 2 N–H and O–H groups in total. The number of benzene rings is 1. The Morgan fingerprint density at radius 2 is 1.89 bits per heavy atom. The van der Waals surface area contributed by atoms with Gasteiger partial charge in [0.1, 0.15) is 33.6 Å². The molecule has 1 amide bonds. The van der Waals surface area contributed by atoms with Crippen LogP contribution in [0, 0.1) is 6.92 Å². The number of aromatic nitrogens is 3. The molecular formula is C27H32N6O2S.